The molecule has 0 rings (SSSR count). The second-order valence-corrected chi connectivity index (χ2v) is 3.09. The summed E-state index contributed by atoms with van der Waals surface area (Å²) in [6, 6.07) is 0. The van der Waals surface area contributed by atoms with Crippen molar-refractivity contribution in [3.63, 3.8) is 0 Å². The molecule has 1 radical (unpaired) electrons. The average Bonchev–Trinajstić information content (AvgIpc) is 2.17. The van der Waals surface area contributed by atoms with Crippen molar-refractivity contribution < 1.29 is 13.3 Å². The molecular weight excluding hydrogens is 184 g/mol. The Balaban J connectivity index is 3.70. The lowest BCUT2D eigenvalue weighted by Crippen LogP contribution is -2.27. The van der Waals surface area contributed by atoms with Crippen LogP contribution < -0.4 is 0 Å². The maximum atomic E-state index is 5.03. The molecule has 0 unspecified atom stereocenters. The highest BCUT2D eigenvalue weighted by molar-refractivity contribution is 6.36. The molecule has 13 heavy (non-hydrogen) atoms. The highest BCUT2D eigenvalue weighted by Gasteiger charge is 2.17. The molecule has 0 spiro atoms. The van der Waals surface area contributed by atoms with Gasteiger partial charge in [-0.05, 0) is 0 Å². The molecule has 0 atom stereocenters. The monoisotopic (exact) mass is 193 g/mol. The average molecular weight is 193 g/mol. The Bertz CT molecular complexity index is 200. The van der Waals surface area contributed by atoms with E-state index in [2.05, 4.69) is 17.8 Å². The van der Waals surface area contributed by atoms with Gasteiger partial charge in [0.2, 0.25) is 0 Å². The first-order valence-electron chi connectivity index (χ1n) is 3.41. The van der Waals surface area contributed by atoms with Crippen molar-refractivity contribution in [2.24, 2.45) is 0 Å². The molecule has 0 heterocycles. The van der Waals surface area contributed by atoms with Gasteiger partial charge in [-0.2, -0.15) is 0 Å². The lowest BCUT2D eigenvalue weighted by Gasteiger charge is -2.09. The van der Waals surface area contributed by atoms with Crippen LogP contribution in [-0.2, 0) is 13.3 Å². The molecule has 0 aromatic heterocycles. The second-order valence-electron chi connectivity index (χ2n) is 1.73. The van der Waals surface area contributed by atoms with Crippen LogP contribution in [0.3, 0.4) is 0 Å². The summed E-state index contributed by atoms with van der Waals surface area (Å²) in [5.41, 5.74) is 0. The van der Waals surface area contributed by atoms with Crippen molar-refractivity contribution in [1.29, 1.82) is 0 Å². The Morgan fingerprint density at radius 3 is 1.31 bits per heavy atom. The van der Waals surface area contributed by atoms with Crippen LogP contribution in [-0.4, -0.2) is 29.3 Å². The molecular formula is C9H9O3Si. The summed E-state index contributed by atoms with van der Waals surface area (Å²) in [4.78, 5) is 0. The van der Waals surface area contributed by atoms with Crippen molar-refractivity contribution in [2.75, 3.05) is 19.8 Å². The van der Waals surface area contributed by atoms with Crippen molar-refractivity contribution >= 4 is 9.53 Å². The summed E-state index contributed by atoms with van der Waals surface area (Å²) in [7, 11) is -1.86. The van der Waals surface area contributed by atoms with E-state index in [-0.39, 0.29) is 19.8 Å². The van der Waals surface area contributed by atoms with E-state index in [0.29, 0.717) is 0 Å². The highest BCUT2D eigenvalue weighted by atomic mass is 28.3. The number of hydrogen-bond donors (Lipinski definition) is 0. The molecule has 0 aliphatic heterocycles. The summed E-state index contributed by atoms with van der Waals surface area (Å²) in [6.45, 7) is 0.385. The van der Waals surface area contributed by atoms with Crippen LogP contribution in [0.5, 0.6) is 0 Å². The van der Waals surface area contributed by atoms with E-state index in [4.69, 9.17) is 32.5 Å². The molecule has 0 aliphatic carbocycles. The lowest BCUT2D eigenvalue weighted by atomic mass is 10.8. The zero-order valence-electron chi connectivity index (χ0n) is 7.08. The molecule has 0 saturated carbocycles. The quantitative estimate of drug-likeness (QED) is 0.436. The van der Waals surface area contributed by atoms with Crippen molar-refractivity contribution in [3.05, 3.63) is 0 Å². The second kappa shape index (κ2) is 8.87. The maximum absolute atomic E-state index is 5.03. The van der Waals surface area contributed by atoms with Gasteiger partial charge in [-0.3, -0.25) is 0 Å². The molecule has 0 fully saturated rings. The predicted molar refractivity (Wildman–Crippen MR) is 50.1 cm³/mol. The van der Waals surface area contributed by atoms with Gasteiger partial charge in [0.15, 0.2) is 0 Å². The number of rotatable bonds is 6. The van der Waals surface area contributed by atoms with E-state index in [1.807, 2.05) is 0 Å². The Morgan fingerprint density at radius 2 is 1.08 bits per heavy atom. The first-order valence-corrected chi connectivity index (χ1v) is 4.63. The summed E-state index contributed by atoms with van der Waals surface area (Å²) in [5, 5.41) is 0. The Labute approximate surface area is 80.3 Å². The van der Waals surface area contributed by atoms with Gasteiger partial charge in [-0.25, -0.2) is 0 Å². The zero-order chi connectivity index (χ0) is 9.94. The van der Waals surface area contributed by atoms with E-state index < -0.39 is 9.53 Å². The summed E-state index contributed by atoms with van der Waals surface area (Å²) in [5.74, 6) is 6.87. The first-order chi connectivity index (χ1) is 6.35. The van der Waals surface area contributed by atoms with Crippen LogP contribution in [0.15, 0.2) is 0 Å². The molecule has 0 saturated heterocycles. The van der Waals surface area contributed by atoms with E-state index in [0.717, 1.165) is 0 Å². The summed E-state index contributed by atoms with van der Waals surface area (Å²) >= 11 is 0. The van der Waals surface area contributed by atoms with Gasteiger partial charge < -0.3 is 13.3 Å². The van der Waals surface area contributed by atoms with Crippen LogP contribution in [0.25, 0.3) is 0 Å². The van der Waals surface area contributed by atoms with Gasteiger partial charge in [-0.15, -0.1) is 19.3 Å². The minimum atomic E-state index is -1.86. The molecule has 0 aromatic rings. The minimum Gasteiger partial charge on any atom is -0.360 e. The fourth-order valence-corrected chi connectivity index (χ4v) is 1.28. The normalized spacial score (nSPS) is 8.77. The predicted octanol–water partition coefficient (Wildman–Crippen LogP) is -0.0793. The molecule has 3 nitrogen and oxygen atoms in total. The van der Waals surface area contributed by atoms with Crippen LogP contribution >= 0.6 is 0 Å². The number of hydrogen-bond acceptors (Lipinski definition) is 3. The van der Waals surface area contributed by atoms with E-state index >= 15 is 0 Å². The lowest BCUT2D eigenvalue weighted by molar-refractivity contribution is 0.128. The van der Waals surface area contributed by atoms with Crippen LogP contribution in [0.2, 0.25) is 0 Å². The number of terminal acetylenes is 3. The van der Waals surface area contributed by atoms with Gasteiger partial charge in [0.25, 0.3) is 0 Å². The SMILES string of the molecule is C#CCO[Si](OCC#C)OCC#C. The molecule has 0 aliphatic rings. The van der Waals surface area contributed by atoms with Crippen LogP contribution in [0, 0.1) is 37.0 Å². The van der Waals surface area contributed by atoms with E-state index in [9.17, 15) is 0 Å². The Morgan fingerprint density at radius 1 is 0.769 bits per heavy atom. The van der Waals surface area contributed by atoms with Crippen LogP contribution in [0.1, 0.15) is 0 Å². The largest absolute Gasteiger partial charge is 0.580 e. The standard InChI is InChI=1S/C9H9O3Si/c1-4-7-10-13(11-8-5-2)12-9-6-3/h1-3H,7-9H2. The zero-order valence-corrected chi connectivity index (χ0v) is 8.08. The highest BCUT2D eigenvalue weighted by Crippen LogP contribution is 1.91. The molecule has 0 amide bonds. The minimum absolute atomic E-state index is 0.128. The maximum Gasteiger partial charge on any atom is 0.580 e. The third-order valence-corrected chi connectivity index (χ3v) is 1.96. The Kier molecular flexibility index (Phi) is 8.04. The third-order valence-electron chi connectivity index (χ3n) is 0.820. The Hall–Kier alpha value is -1.22. The molecule has 0 aromatic carbocycles. The molecule has 0 N–H and O–H groups in total. The van der Waals surface area contributed by atoms with Crippen molar-refractivity contribution in [1.82, 2.24) is 0 Å². The third kappa shape index (κ3) is 7.15. The van der Waals surface area contributed by atoms with Crippen molar-refractivity contribution in [2.45, 2.75) is 0 Å². The van der Waals surface area contributed by atoms with E-state index in [1.54, 1.807) is 0 Å². The summed E-state index contributed by atoms with van der Waals surface area (Å²) in [6.07, 6.45) is 15.0. The fourth-order valence-electron chi connectivity index (χ4n) is 0.427. The fraction of sp³-hybridized carbons (Fsp3) is 0.333. The summed E-state index contributed by atoms with van der Waals surface area (Å²) < 4.78 is 15.1. The van der Waals surface area contributed by atoms with Gasteiger partial charge in [-0.1, -0.05) is 17.8 Å². The van der Waals surface area contributed by atoms with Gasteiger partial charge in [0.05, 0.1) is 19.8 Å². The first kappa shape index (κ1) is 11.8. The molecule has 4 heteroatoms. The van der Waals surface area contributed by atoms with Gasteiger partial charge >= 0.3 is 9.53 Å². The smallest absolute Gasteiger partial charge is 0.360 e. The van der Waals surface area contributed by atoms with Gasteiger partial charge in [0, 0.05) is 0 Å². The van der Waals surface area contributed by atoms with Crippen LogP contribution in [0.4, 0.5) is 0 Å². The van der Waals surface area contributed by atoms with E-state index in [1.165, 1.54) is 0 Å². The topological polar surface area (TPSA) is 27.7 Å². The van der Waals surface area contributed by atoms with Gasteiger partial charge in [0.1, 0.15) is 0 Å². The van der Waals surface area contributed by atoms with Crippen molar-refractivity contribution in [3.8, 4) is 37.0 Å². The molecule has 67 valence electrons. The molecule has 0 bridgehead atoms.